The molecule has 27 heavy (non-hydrogen) atoms. The molecule has 0 spiro atoms. The average molecular weight is 396 g/mol. The maximum Gasteiger partial charge on any atom is 0.255 e. The Labute approximate surface area is 155 Å². The Balaban J connectivity index is 1.84. The molecule has 1 fully saturated rings. The van der Waals surface area contributed by atoms with E-state index in [1.165, 1.54) is 34.6 Å². The number of carbonyl (C=O) groups excluding carboxylic acids is 1. The summed E-state index contributed by atoms with van der Waals surface area (Å²) < 4.78 is 53.1. The molecule has 144 valence electrons. The molecule has 0 unspecified atom stereocenters. The van der Waals surface area contributed by atoms with Crippen LogP contribution < -0.4 is 5.32 Å². The molecule has 0 radical (unpaired) electrons. The summed E-state index contributed by atoms with van der Waals surface area (Å²) in [5.41, 5.74) is 0.104. The van der Waals surface area contributed by atoms with E-state index in [4.69, 9.17) is 0 Å². The quantitative estimate of drug-likeness (QED) is 0.812. The summed E-state index contributed by atoms with van der Waals surface area (Å²) in [6.45, 7) is 0.0361. The minimum absolute atomic E-state index is 0.0482. The molecule has 6 nitrogen and oxygen atoms in total. The summed E-state index contributed by atoms with van der Waals surface area (Å²) in [7, 11) is -3.86. The molecule has 1 aliphatic heterocycles. The fourth-order valence-electron chi connectivity index (χ4n) is 3.02. The summed E-state index contributed by atoms with van der Waals surface area (Å²) in [5.74, 6) is -2.79. The smallest absolute Gasteiger partial charge is 0.255 e. The number of hydrogen-bond donors (Lipinski definition) is 2. The van der Waals surface area contributed by atoms with Crippen molar-refractivity contribution in [3.8, 4) is 0 Å². The van der Waals surface area contributed by atoms with Crippen LogP contribution in [-0.4, -0.2) is 42.9 Å². The summed E-state index contributed by atoms with van der Waals surface area (Å²) in [6.07, 6.45) is 1.23. The van der Waals surface area contributed by atoms with Crippen molar-refractivity contribution in [3.05, 3.63) is 59.7 Å². The van der Waals surface area contributed by atoms with Crippen LogP contribution in [0.2, 0.25) is 0 Å². The second-order valence-electron chi connectivity index (χ2n) is 6.21. The molecule has 2 aromatic rings. The number of aliphatic hydroxyl groups is 1. The average Bonchev–Trinajstić information content (AvgIpc) is 3.14. The third-order valence-corrected chi connectivity index (χ3v) is 6.36. The molecular formula is C18H18F2N2O4S. The highest BCUT2D eigenvalue weighted by Crippen LogP contribution is 2.26. The third kappa shape index (κ3) is 4.00. The Kier molecular flexibility index (Phi) is 5.54. The second kappa shape index (κ2) is 7.71. The SMILES string of the molecule is O=C(Nc1ccc(F)c(F)c1)c1cccc(S(=O)(=O)N2CCC[C@H]2CO)c1. The molecule has 2 N–H and O–H groups in total. The molecule has 0 aliphatic carbocycles. The van der Waals surface area contributed by atoms with Gasteiger partial charge in [0, 0.05) is 29.9 Å². The maximum absolute atomic E-state index is 13.3. The third-order valence-electron chi connectivity index (χ3n) is 4.41. The van der Waals surface area contributed by atoms with Gasteiger partial charge in [0.1, 0.15) is 0 Å². The lowest BCUT2D eigenvalue weighted by Gasteiger charge is -2.22. The van der Waals surface area contributed by atoms with E-state index in [9.17, 15) is 27.1 Å². The fraction of sp³-hybridized carbons (Fsp3) is 0.278. The fourth-order valence-corrected chi connectivity index (χ4v) is 4.75. The summed E-state index contributed by atoms with van der Waals surface area (Å²) in [5, 5.41) is 11.8. The van der Waals surface area contributed by atoms with Gasteiger partial charge in [0.25, 0.3) is 5.91 Å². The molecule has 9 heteroatoms. The van der Waals surface area contributed by atoms with Crippen LogP contribution in [0.15, 0.2) is 47.4 Å². The molecular weight excluding hydrogens is 378 g/mol. The van der Waals surface area contributed by atoms with E-state index in [2.05, 4.69) is 5.32 Å². The topological polar surface area (TPSA) is 86.7 Å². The molecule has 1 saturated heterocycles. The van der Waals surface area contributed by atoms with Gasteiger partial charge in [0.2, 0.25) is 10.0 Å². The zero-order valence-electron chi connectivity index (χ0n) is 14.2. The molecule has 0 saturated carbocycles. The van der Waals surface area contributed by atoms with Crippen molar-refractivity contribution in [2.45, 2.75) is 23.8 Å². The number of nitrogens with one attached hydrogen (secondary N) is 1. The van der Waals surface area contributed by atoms with Gasteiger partial charge in [-0.15, -0.1) is 0 Å². The number of amides is 1. The van der Waals surface area contributed by atoms with Crippen LogP contribution in [0.5, 0.6) is 0 Å². The predicted molar refractivity (Wildman–Crippen MR) is 94.8 cm³/mol. The van der Waals surface area contributed by atoms with Crippen LogP contribution in [-0.2, 0) is 10.0 Å². The molecule has 1 aliphatic rings. The lowest BCUT2D eigenvalue weighted by Crippen LogP contribution is -2.37. The second-order valence-corrected chi connectivity index (χ2v) is 8.10. The van der Waals surface area contributed by atoms with Crippen molar-refractivity contribution in [2.24, 2.45) is 0 Å². The number of hydrogen-bond acceptors (Lipinski definition) is 4. The van der Waals surface area contributed by atoms with E-state index in [0.717, 1.165) is 12.1 Å². The zero-order valence-corrected chi connectivity index (χ0v) is 15.0. The lowest BCUT2D eigenvalue weighted by atomic mass is 10.2. The molecule has 1 heterocycles. The van der Waals surface area contributed by atoms with Gasteiger partial charge in [-0.2, -0.15) is 4.31 Å². The van der Waals surface area contributed by atoms with Crippen LogP contribution in [0.25, 0.3) is 0 Å². The molecule has 3 rings (SSSR count). The first-order valence-electron chi connectivity index (χ1n) is 8.32. The highest BCUT2D eigenvalue weighted by Gasteiger charge is 2.35. The van der Waals surface area contributed by atoms with E-state index in [0.29, 0.717) is 19.4 Å². The van der Waals surface area contributed by atoms with Crippen LogP contribution in [0.1, 0.15) is 23.2 Å². The first-order chi connectivity index (χ1) is 12.8. The van der Waals surface area contributed by atoms with Gasteiger partial charge in [-0.1, -0.05) is 6.07 Å². The number of benzene rings is 2. The van der Waals surface area contributed by atoms with Crippen molar-refractivity contribution in [2.75, 3.05) is 18.5 Å². The standard InChI is InChI=1S/C18H18F2N2O4S/c19-16-7-6-13(10-17(16)20)21-18(24)12-3-1-5-15(9-12)27(25,26)22-8-2-4-14(22)11-23/h1,3,5-7,9-10,14,23H,2,4,8,11H2,(H,21,24)/t14-/m0/s1. The molecule has 1 amide bonds. The minimum Gasteiger partial charge on any atom is -0.395 e. The number of sulfonamides is 1. The normalized spacial score (nSPS) is 17.8. The predicted octanol–water partition coefficient (Wildman–Crippen LogP) is 2.36. The highest BCUT2D eigenvalue weighted by atomic mass is 32.2. The molecule has 1 atom stereocenters. The van der Waals surface area contributed by atoms with Gasteiger partial charge >= 0.3 is 0 Å². The van der Waals surface area contributed by atoms with Crippen LogP contribution in [0, 0.1) is 11.6 Å². The number of aliphatic hydroxyl groups excluding tert-OH is 1. The van der Waals surface area contributed by atoms with Gasteiger partial charge in [-0.3, -0.25) is 4.79 Å². The van der Waals surface area contributed by atoms with Crippen LogP contribution in [0.4, 0.5) is 14.5 Å². The zero-order chi connectivity index (χ0) is 19.6. The molecule has 2 aromatic carbocycles. The van der Waals surface area contributed by atoms with Crippen molar-refractivity contribution in [1.82, 2.24) is 4.31 Å². The van der Waals surface area contributed by atoms with Gasteiger partial charge < -0.3 is 10.4 Å². The minimum atomic E-state index is -3.86. The van der Waals surface area contributed by atoms with E-state index in [1.54, 1.807) is 0 Å². The maximum atomic E-state index is 13.3. The Morgan fingerprint density at radius 1 is 1.19 bits per heavy atom. The number of rotatable bonds is 5. The monoisotopic (exact) mass is 396 g/mol. The van der Waals surface area contributed by atoms with Crippen LogP contribution >= 0.6 is 0 Å². The lowest BCUT2D eigenvalue weighted by molar-refractivity contribution is 0.102. The van der Waals surface area contributed by atoms with E-state index in [1.807, 2.05) is 0 Å². The van der Waals surface area contributed by atoms with Crippen molar-refractivity contribution in [1.29, 1.82) is 0 Å². The number of carbonyl (C=O) groups is 1. The van der Waals surface area contributed by atoms with Gasteiger partial charge in [-0.05, 0) is 43.2 Å². The van der Waals surface area contributed by atoms with Gasteiger partial charge in [-0.25, -0.2) is 17.2 Å². The van der Waals surface area contributed by atoms with E-state index < -0.39 is 33.6 Å². The molecule has 0 aromatic heterocycles. The highest BCUT2D eigenvalue weighted by molar-refractivity contribution is 7.89. The first-order valence-corrected chi connectivity index (χ1v) is 9.76. The number of halogens is 2. The Hall–Kier alpha value is -2.36. The summed E-state index contributed by atoms with van der Waals surface area (Å²) in [6, 6.07) is 7.88. The van der Waals surface area contributed by atoms with E-state index >= 15 is 0 Å². The van der Waals surface area contributed by atoms with Crippen LogP contribution in [0.3, 0.4) is 0 Å². The Morgan fingerprint density at radius 3 is 2.67 bits per heavy atom. The number of nitrogens with zero attached hydrogens (tertiary/aromatic N) is 1. The van der Waals surface area contributed by atoms with E-state index in [-0.39, 0.29) is 22.8 Å². The van der Waals surface area contributed by atoms with Crippen molar-refractivity contribution >= 4 is 21.6 Å². The van der Waals surface area contributed by atoms with Gasteiger partial charge in [0.05, 0.1) is 11.5 Å². The Morgan fingerprint density at radius 2 is 1.96 bits per heavy atom. The van der Waals surface area contributed by atoms with Crippen molar-refractivity contribution < 1.29 is 27.1 Å². The molecule has 0 bridgehead atoms. The van der Waals surface area contributed by atoms with Gasteiger partial charge in [0.15, 0.2) is 11.6 Å². The Bertz CT molecular complexity index is 966. The van der Waals surface area contributed by atoms with Crippen molar-refractivity contribution in [3.63, 3.8) is 0 Å². The summed E-state index contributed by atoms with van der Waals surface area (Å²) in [4.78, 5) is 12.3. The summed E-state index contributed by atoms with van der Waals surface area (Å²) >= 11 is 0. The largest absolute Gasteiger partial charge is 0.395 e. The first kappa shape index (κ1) is 19.4. The number of anilines is 1.